The highest BCUT2D eigenvalue weighted by Crippen LogP contribution is 2.26. The molecule has 0 radical (unpaired) electrons. The summed E-state index contributed by atoms with van der Waals surface area (Å²) in [5.74, 6) is -1.43. The lowest BCUT2D eigenvalue weighted by Crippen LogP contribution is -2.47. The van der Waals surface area contributed by atoms with Gasteiger partial charge in [-0.3, -0.25) is 4.79 Å². The first-order valence-corrected chi connectivity index (χ1v) is 6.79. The number of esters is 1. The number of hydrogen-bond acceptors (Lipinski definition) is 5. The molecule has 94 valence electrons. The van der Waals surface area contributed by atoms with Crippen LogP contribution in [-0.4, -0.2) is 55.9 Å². The van der Waals surface area contributed by atoms with Gasteiger partial charge in [-0.2, -0.15) is 4.31 Å². The molecule has 0 amide bonds. The third kappa shape index (κ3) is 3.16. The van der Waals surface area contributed by atoms with Gasteiger partial charge in [-0.05, 0) is 12.8 Å². The van der Waals surface area contributed by atoms with Crippen molar-refractivity contribution < 1.29 is 23.1 Å². The Hall–Kier alpha value is -0.660. The Kier molecular flexibility index (Phi) is 4.69. The van der Waals surface area contributed by atoms with E-state index in [2.05, 4.69) is 4.74 Å². The van der Waals surface area contributed by atoms with Crippen molar-refractivity contribution in [2.24, 2.45) is 0 Å². The number of carbonyl (C=O) groups is 1. The van der Waals surface area contributed by atoms with Gasteiger partial charge in [0, 0.05) is 12.6 Å². The van der Waals surface area contributed by atoms with Crippen LogP contribution < -0.4 is 0 Å². The van der Waals surface area contributed by atoms with Crippen molar-refractivity contribution in [3.8, 4) is 0 Å². The molecule has 7 heteroatoms. The highest BCUT2D eigenvalue weighted by atomic mass is 32.2. The topological polar surface area (TPSA) is 83.9 Å². The zero-order valence-electron chi connectivity index (χ0n) is 9.26. The van der Waals surface area contributed by atoms with E-state index < -0.39 is 21.7 Å². The Balaban J connectivity index is 2.71. The molecule has 1 rings (SSSR count). The van der Waals surface area contributed by atoms with Gasteiger partial charge >= 0.3 is 5.97 Å². The van der Waals surface area contributed by atoms with Crippen molar-refractivity contribution in [2.45, 2.75) is 25.3 Å². The van der Waals surface area contributed by atoms with Crippen molar-refractivity contribution >= 4 is 16.0 Å². The Morgan fingerprint density at radius 3 is 2.50 bits per heavy atom. The van der Waals surface area contributed by atoms with Crippen LogP contribution in [0, 0.1) is 0 Å². The van der Waals surface area contributed by atoms with Crippen LogP contribution in [0.5, 0.6) is 0 Å². The van der Waals surface area contributed by atoms with Crippen LogP contribution in [0.1, 0.15) is 19.3 Å². The summed E-state index contributed by atoms with van der Waals surface area (Å²) in [7, 11) is -2.51. The molecular weight excluding hydrogens is 234 g/mol. The van der Waals surface area contributed by atoms with Gasteiger partial charge in [0.2, 0.25) is 10.0 Å². The fraction of sp³-hybridized carbons (Fsp3) is 0.889. The zero-order chi connectivity index (χ0) is 12.2. The molecule has 0 bridgehead atoms. The van der Waals surface area contributed by atoms with Crippen molar-refractivity contribution in [3.63, 3.8) is 0 Å². The van der Waals surface area contributed by atoms with Crippen molar-refractivity contribution in [1.29, 1.82) is 0 Å². The number of methoxy groups -OCH3 is 1. The van der Waals surface area contributed by atoms with Crippen molar-refractivity contribution in [1.82, 2.24) is 4.31 Å². The summed E-state index contributed by atoms with van der Waals surface area (Å²) in [4.78, 5) is 11.0. The highest BCUT2D eigenvalue weighted by Gasteiger charge is 2.34. The number of aliphatic hydroxyl groups is 1. The first-order chi connectivity index (χ1) is 7.51. The number of aliphatic hydroxyl groups excluding tert-OH is 1. The molecule has 1 aliphatic carbocycles. The molecule has 0 aromatic carbocycles. The summed E-state index contributed by atoms with van der Waals surface area (Å²) in [6, 6.07) is -0.0678. The SMILES string of the molecule is COC(=O)CS(=O)(=O)N(CCO)C1CCC1. The average molecular weight is 251 g/mol. The van der Waals surface area contributed by atoms with E-state index in [1.54, 1.807) is 0 Å². The zero-order valence-corrected chi connectivity index (χ0v) is 10.1. The fourth-order valence-electron chi connectivity index (χ4n) is 1.61. The van der Waals surface area contributed by atoms with Gasteiger partial charge in [0.15, 0.2) is 5.75 Å². The van der Waals surface area contributed by atoms with E-state index in [1.807, 2.05) is 0 Å². The molecule has 0 aromatic heterocycles. The van der Waals surface area contributed by atoms with Gasteiger partial charge in [0.05, 0.1) is 13.7 Å². The van der Waals surface area contributed by atoms with Crippen LogP contribution in [0.3, 0.4) is 0 Å². The van der Waals surface area contributed by atoms with Crippen LogP contribution >= 0.6 is 0 Å². The summed E-state index contributed by atoms with van der Waals surface area (Å²) < 4.78 is 29.2. The monoisotopic (exact) mass is 251 g/mol. The van der Waals surface area contributed by atoms with E-state index in [1.165, 1.54) is 4.31 Å². The molecule has 0 aromatic rings. The molecule has 6 nitrogen and oxygen atoms in total. The maximum atomic E-state index is 11.8. The minimum absolute atomic E-state index is 0.0456. The maximum absolute atomic E-state index is 11.8. The number of rotatable bonds is 6. The molecular formula is C9H17NO5S. The predicted molar refractivity (Wildman–Crippen MR) is 57.2 cm³/mol. The first kappa shape index (κ1) is 13.4. The van der Waals surface area contributed by atoms with Crippen molar-refractivity contribution in [3.05, 3.63) is 0 Å². The predicted octanol–water partition coefficient (Wildman–Crippen LogP) is -0.664. The van der Waals surface area contributed by atoms with Crippen LogP contribution in [0.25, 0.3) is 0 Å². The van der Waals surface area contributed by atoms with Gasteiger partial charge in [0.1, 0.15) is 0 Å². The van der Waals surface area contributed by atoms with Crippen LogP contribution in [-0.2, 0) is 19.6 Å². The second-order valence-electron chi connectivity index (χ2n) is 3.75. The molecule has 1 fully saturated rings. The van der Waals surface area contributed by atoms with Gasteiger partial charge < -0.3 is 9.84 Å². The van der Waals surface area contributed by atoms with Gasteiger partial charge in [-0.15, -0.1) is 0 Å². The standard InChI is InChI=1S/C9H17NO5S/c1-15-9(12)7-16(13,14)10(5-6-11)8-3-2-4-8/h8,11H,2-7H2,1H3. The number of carbonyl (C=O) groups excluding carboxylic acids is 1. The largest absolute Gasteiger partial charge is 0.468 e. The lowest BCUT2D eigenvalue weighted by Gasteiger charge is -2.35. The van der Waals surface area contributed by atoms with Gasteiger partial charge in [0.25, 0.3) is 0 Å². The second kappa shape index (κ2) is 5.60. The highest BCUT2D eigenvalue weighted by molar-refractivity contribution is 7.89. The average Bonchev–Trinajstić information content (AvgIpc) is 2.13. The molecule has 0 spiro atoms. The molecule has 0 heterocycles. The third-order valence-electron chi connectivity index (χ3n) is 2.69. The normalized spacial score (nSPS) is 17.2. The number of hydrogen-bond donors (Lipinski definition) is 1. The molecule has 0 unspecified atom stereocenters. The number of ether oxygens (including phenoxy) is 1. The van der Waals surface area contributed by atoms with E-state index in [0.29, 0.717) is 0 Å². The number of sulfonamides is 1. The molecule has 0 aliphatic heterocycles. The summed E-state index contributed by atoms with van der Waals surface area (Å²) in [5, 5.41) is 8.84. The van der Waals surface area contributed by atoms with Crippen molar-refractivity contribution in [2.75, 3.05) is 26.0 Å². The van der Waals surface area contributed by atoms with E-state index in [9.17, 15) is 13.2 Å². The van der Waals surface area contributed by atoms with Gasteiger partial charge in [-0.25, -0.2) is 8.42 Å². The van der Waals surface area contributed by atoms with E-state index >= 15 is 0 Å². The Morgan fingerprint density at radius 2 is 2.12 bits per heavy atom. The van der Waals surface area contributed by atoms with Crippen LogP contribution in [0.4, 0.5) is 0 Å². The quantitative estimate of drug-likeness (QED) is 0.633. The second-order valence-corrected chi connectivity index (χ2v) is 5.67. The van der Waals surface area contributed by atoms with Gasteiger partial charge in [-0.1, -0.05) is 6.42 Å². The summed E-state index contributed by atoms with van der Waals surface area (Å²) in [6.45, 7) is -0.194. The maximum Gasteiger partial charge on any atom is 0.322 e. The summed E-state index contributed by atoms with van der Waals surface area (Å²) in [5.41, 5.74) is 0. The molecule has 16 heavy (non-hydrogen) atoms. The summed E-state index contributed by atoms with van der Waals surface area (Å²) in [6.07, 6.45) is 2.57. The molecule has 1 saturated carbocycles. The Labute approximate surface area is 95.2 Å². The Bertz CT molecular complexity index is 336. The van der Waals surface area contributed by atoms with Crippen LogP contribution in [0.15, 0.2) is 0 Å². The fourth-order valence-corrected chi connectivity index (χ4v) is 3.22. The van der Waals surface area contributed by atoms with E-state index in [-0.39, 0.29) is 19.2 Å². The summed E-state index contributed by atoms with van der Waals surface area (Å²) >= 11 is 0. The van der Waals surface area contributed by atoms with E-state index in [4.69, 9.17) is 5.11 Å². The number of nitrogens with zero attached hydrogens (tertiary/aromatic N) is 1. The molecule has 1 N–H and O–H groups in total. The lowest BCUT2D eigenvalue weighted by molar-refractivity contribution is -0.137. The third-order valence-corrected chi connectivity index (χ3v) is 4.48. The van der Waals surface area contributed by atoms with Crippen LogP contribution in [0.2, 0.25) is 0 Å². The molecule has 1 aliphatic rings. The minimum Gasteiger partial charge on any atom is -0.468 e. The first-order valence-electron chi connectivity index (χ1n) is 5.18. The van der Waals surface area contributed by atoms with E-state index in [0.717, 1.165) is 26.4 Å². The minimum atomic E-state index is -3.66. The molecule has 0 atom stereocenters. The Morgan fingerprint density at radius 1 is 1.50 bits per heavy atom. The lowest BCUT2D eigenvalue weighted by atomic mass is 9.93. The molecule has 0 saturated heterocycles. The smallest absolute Gasteiger partial charge is 0.322 e.